The Bertz CT molecular complexity index is 703. The standard InChI is InChI=1S/C23H31NO3/c1-3-26-21(25)23-14-9-13-22(12-7-8-15-27-20(22)23)16-24(17-23)18(2)19-10-5-4-6-11-19/h4-8,10-11,18,20H,3,9,12-17H2,1-2H3/t18-,20+,22-,23+/m0/s1. The second-order valence-corrected chi connectivity index (χ2v) is 8.47. The average molecular weight is 370 g/mol. The van der Waals surface area contributed by atoms with Crippen LogP contribution in [0.5, 0.6) is 0 Å². The van der Waals surface area contributed by atoms with Gasteiger partial charge in [-0.25, -0.2) is 0 Å². The van der Waals surface area contributed by atoms with Crippen LogP contribution in [0.4, 0.5) is 0 Å². The van der Waals surface area contributed by atoms with Crippen LogP contribution in [0.1, 0.15) is 51.1 Å². The van der Waals surface area contributed by atoms with E-state index in [0.717, 1.165) is 32.2 Å². The Hall–Kier alpha value is -1.65. The molecule has 0 radical (unpaired) electrons. The predicted molar refractivity (Wildman–Crippen MR) is 105 cm³/mol. The zero-order chi connectivity index (χ0) is 18.9. The first kappa shape index (κ1) is 18.7. The van der Waals surface area contributed by atoms with E-state index < -0.39 is 5.41 Å². The van der Waals surface area contributed by atoms with Gasteiger partial charge in [0.05, 0.1) is 19.3 Å². The average Bonchev–Trinajstić information content (AvgIpc) is 2.91. The molecule has 0 amide bonds. The molecule has 3 aliphatic rings. The molecule has 0 spiro atoms. The fourth-order valence-corrected chi connectivity index (χ4v) is 5.66. The minimum atomic E-state index is -0.554. The van der Waals surface area contributed by atoms with Gasteiger partial charge in [-0.2, -0.15) is 0 Å². The van der Waals surface area contributed by atoms with Gasteiger partial charge in [0.25, 0.3) is 0 Å². The summed E-state index contributed by atoms with van der Waals surface area (Å²) < 4.78 is 12.0. The highest BCUT2D eigenvalue weighted by atomic mass is 16.5. The van der Waals surface area contributed by atoms with E-state index in [0.29, 0.717) is 19.8 Å². The summed E-state index contributed by atoms with van der Waals surface area (Å²) in [4.78, 5) is 15.8. The number of hydrogen-bond acceptors (Lipinski definition) is 4. The Morgan fingerprint density at radius 3 is 2.85 bits per heavy atom. The maximum Gasteiger partial charge on any atom is 0.316 e. The fraction of sp³-hybridized carbons (Fsp3) is 0.609. The van der Waals surface area contributed by atoms with Crippen molar-refractivity contribution in [1.82, 2.24) is 4.90 Å². The van der Waals surface area contributed by atoms with Crippen molar-refractivity contribution in [2.75, 3.05) is 26.3 Å². The van der Waals surface area contributed by atoms with Crippen LogP contribution in [-0.2, 0) is 14.3 Å². The van der Waals surface area contributed by atoms with Gasteiger partial charge in [-0.1, -0.05) is 48.9 Å². The molecule has 146 valence electrons. The summed E-state index contributed by atoms with van der Waals surface area (Å²) in [5.41, 5.74) is 0.746. The number of nitrogens with zero attached hydrogens (tertiary/aromatic N) is 1. The van der Waals surface area contributed by atoms with Crippen LogP contribution in [0.15, 0.2) is 42.5 Å². The number of carbonyl (C=O) groups is 1. The molecule has 4 atom stereocenters. The van der Waals surface area contributed by atoms with Crippen LogP contribution in [0.3, 0.4) is 0 Å². The van der Waals surface area contributed by atoms with E-state index in [4.69, 9.17) is 9.47 Å². The van der Waals surface area contributed by atoms with Crippen molar-refractivity contribution in [3.8, 4) is 0 Å². The molecule has 4 nitrogen and oxygen atoms in total. The molecule has 1 aliphatic carbocycles. The highest BCUT2D eigenvalue weighted by Crippen LogP contribution is 2.56. The molecular weight excluding hydrogens is 338 g/mol. The normalized spacial score (nSPS) is 34.4. The smallest absolute Gasteiger partial charge is 0.316 e. The SMILES string of the molecule is CCOC(=O)[C@@]12CCC[C@@]3(CC=CCO[C@H]31)CN([C@@H](C)c1ccccc1)C2. The molecule has 0 unspecified atom stereocenters. The van der Waals surface area contributed by atoms with Crippen LogP contribution in [0.2, 0.25) is 0 Å². The third-order valence-corrected chi connectivity index (χ3v) is 6.92. The van der Waals surface area contributed by atoms with Crippen LogP contribution >= 0.6 is 0 Å². The first-order chi connectivity index (χ1) is 13.1. The summed E-state index contributed by atoms with van der Waals surface area (Å²) >= 11 is 0. The zero-order valence-corrected chi connectivity index (χ0v) is 16.5. The lowest BCUT2D eigenvalue weighted by Gasteiger charge is -2.60. The number of ether oxygens (including phenoxy) is 2. The monoisotopic (exact) mass is 369 g/mol. The van der Waals surface area contributed by atoms with Gasteiger partial charge in [0.15, 0.2) is 0 Å². The van der Waals surface area contributed by atoms with Crippen molar-refractivity contribution in [3.05, 3.63) is 48.0 Å². The van der Waals surface area contributed by atoms with Crippen molar-refractivity contribution >= 4 is 5.97 Å². The van der Waals surface area contributed by atoms with Crippen molar-refractivity contribution in [2.45, 2.75) is 51.7 Å². The first-order valence-electron chi connectivity index (χ1n) is 10.3. The van der Waals surface area contributed by atoms with Gasteiger partial charge in [-0.3, -0.25) is 9.69 Å². The van der Waals surface area contributed by atoms with Crippen LogP contribution in [0, 0.1) is 10.8 Å². The Kier molecular flexibility index (Phi) is 5.13. The van der Waals surface area contributed by atoms with Crippen molar-refractivity contribution in [2.24, 2.45) is 10.8 Å². The molecule has 4 rings (SSSR count). The molecule has 1 aromatic rings. The lowest BCUT2D eigenvalue weighted by Crippen LogP contribution is -2.68. The zero-order valence-electron chi connectivity index (χ0n) is 16.5. The van der Waals surface area contributed by atoms with Crippen LogP contribution in [0.25, 0.3) is 0 Å². The third kappa shape index (κ3) is 3.13. The fourth-order valence-electron chi connectivity index (χ4n) is 5.66. The number of piperidine rings is 1. The molecule has 2 fully saturated rings. The number of allylic oxidation sites excluding steroid dienone is 1. The lowest BCUT2D eigenvalue weighted by atomic mass is 9.55. The molecular formula is C23H31NO3. The van der Waals surface area contributed by atoms with E-state index in [1.54, 1.807) is 0 Å². The molecule has 1 aromatic carbocycles. The number of carbonyl (C=O) groups excluding carboxylic acids is 1. The van der Waals surface area contributed by atoms with Gasteiger partial charge in [-0.15, -0.1) is 0 Å². The number of likely N-dealkylation sites (tertiary alicyclic amines) is 1. The Morgan fingerprint density at radius 1 is 1.26 bits per heavy atom. The predicted octanol–water partition coefficient (Wildman–Crippen LogP) is 4.13. The largest absolute Gasteiger partial charge is 0.465 e. The maximum absolute atomic E-state index is 13.2. The van der Waals surface area contributed by atoms with Crippen LogP contribution < -0.4 is 0 Å². The van der Waals surface area contributed by atoms with Gasteiger partial charge < -0.3 is 9.47 Å². The Balaban J connectivity index is 1.73. The van der Waals surface area contributed by atoms with Gasteiger partial charge in [0.1, 0.15) is 5.41 Å². The first-order valence-corrected chi connectivity index (χ1v) is 10.3. The summed E-state index contributed by atoms with van der Waals surface area (Å²) in [5, 5.41) is 0. The van der Waals surface area contributed by atoms with E-state index >= 15 is 0 Å². The van der Waals surface area contributed by atoms with Gasteiger partial charge in [0, 0.05) is 24.5 Å². The molecule has 2 bridgehead atoms. The minimum absolute atomic E-state index is 0.000693. The van der Waals surface area contributed by atoms with E-state index in [2.05, 4.69) is 54.3 Å². The van der Waals surface area contributed by atoms with E-state index in [-0.39, 0.29) is 23.5 Å². The van der Waals surface area contributed by atoms with Crippen molar-refractivity contribution < 1.29 is 14.3 Å². The van der Waals surface area contributed by atoms with Gasteiger partial charge >= 0.3 is 5.97 Å². The summed E-state index contributed by atoms with van der Waals surface area (Å²) in [6.07, 6.45) is 8.35. The summed E-state index contributed by atoms with van der Waals surface area (Å²) in [5.74, 6) is -0.0639. The molecule has 27 heavy (non-hydrogen) atoms. The summed E-state index contributed by atoms with van der Waals surface area (Å²) in [7, 11) is 0. The highest BCUT2D eigenvalue weighted by Gasteiger charge is 2.63. The summed E-state index contributed by atoms with van der Waals surface area (Å²) in [6, 6.07) is 10.9. The van der Waals surface area contributed by atoms with Gasteiger partial charge in [-0.05, 0) is 38.7 Å². The van der Waals surface area contributed by atoms with Crippen LogP contribution in [-0.4, -0.2) is 43.3 Å². The molecule has 4 heteroatoms. The lowest BCUT2D eigenvalue weighted by molar-refractivity contribution is -0.212. The third-order valence-electron chi connectivity index (χ3n) is 6.92. The van der Waals surface area contributed by atoms with Gasteiger partial charge in [0.2, 0.25) is 0 Å². The molecule has 1 saturated carbocycles. The van der Waals surface area contributed by atoms with Crippen molar-refractivity contribution in [3.63, 3.8) is 0 Å². The molecule has 1 saturated heterocycles. The quantitative estimate of drug-likeness (QED) is 0.591. The Labute approximate surface area is 162 Å². The van der Waals surface area contributed by atoms with Crippen molar-refractivity contribution in [1.29, 1.82) is 0 Å². The minimum Gasteiger partial charge on any atom is -0.465 e. The summed E-state index contributed by atoms with van der Waals surface area (Å²) in [6.45, 7) is 6.86. The van der Waals surface area contributed by atoms with E-state index in [9.17, 15) is 4.79 Å². The molecule has 2 heterocycles. The number of esters is 1. The molecule has 0 N–H and O–H groups in total. The molecule has 2 aliphatic heterocycles. The number of benzene rings is 1. The Morgan fingerprint density at radius 2 is 2.07 bits per heavy atom. The topological polar surface area (TPSA) is 38.8 Å². The maximum atomic E-state index is 13.2. The van der Waals surface area contributed by atoms with E-state index in [1.807, 2.05) is 6.92 Å². The molecule has 0 aromatic heterocycles. The second kappa shape index (κ2) is 7.40. The highest BCUT2D eigenvalue weighted by molar-refractivity contribution is 5.79. The number of rotatable bonds is 4. The van der Waals surface area contributed by atoms with E-state index in [1.165, 1.54) is 5.56 Å². The second-order valence-electron chi connectivity index (χ2n) is 8.47. The number of hydrogen-bond donors (Lipinski definition) is 0.